The first-order valence-corrected chi connectivity index (χ1v) is 10.1. The Morgan fingerprint density at radius 3 is 2.70 bits per heavy atom. The lowest BCUT2D eigenvalue weighted by molar-refractivity contribution is -0.129. The van der Waals surface area contributed by atoms with Crippen LogP contribution in [-0.2, 0) is 32.5 Å². The summed E-state index contributed by atoms with van der Waals surface area (Å²) >= 11 is 1.34. The molecule has 128 valence electrons. The molecule has 0 saturated carbocycles. The Hall–Kier alpha value is -0.960. The SMILES string of the molecule is CC(=O)N1CCc2sc(S(=O)(=O)N3CC(OC(C)C)C3)cc2C1. The van der Waals surface area contributed by atoms with Gasteiger partial charge in [0.2, 0.25) is 5.91 Å². The average molecular weight is 358 g/mol. The van der Waals surface area contributed by atoms with Crippen molar-refractivity contribution in [3.63, 3.8) is 0 Å². The maximum absolute atomic E-state index is 12.7. The van der Waals surface area contributed by atoms with Crippen molar-refractivity contribution in [2.24, 2.45) is 0 Å². The zero-order chi connectivity index (χ0) is 16.8. The van der Waals surface area contributed by atoms with Gasteiger partial charge in [-0.2, -0.15) is 4.31 Å². The number of thiophene rings is 1. The molecule has 3 rings (SSSR count). The van der Waals surface area contributed by atoms with Crippen molar-refractivity contribution < 1.29 is 17.9 Å². The third kappa shape index (κ3) is 3.31. The fourth-order valence-electron chi connectivity index (χ4n) is 2.90. The molecular weight excluding hydrogens is 336 g/mol. The molecule has 1 aromatic heterocycles. The van der Waals surface area contributed by atoms with Gasteiger partial charge in [-0.15, -0.1) is 11.3 Å². The highest BCUT2D eigenvalue weighted by Crippen LogP contribution is 2.34. The molecule has 1 fully saturated rings. The number of hydrogen-bond donors (Lipinski definition) is 0. The van der Waals surface area contributed by atoms with Crippen LogP contribution in [0.4, 0.5) is 0 Å². The van der Waals surface area contributed by atoms with E-state index >= 15 is 0 Å². The number of carbonyl (C=O) groups is 1. The van der Waals surface area contributed by atoms with Gasteiger partial charge in [-0.25, -0.2) is 8.42 Å². The first kappa shape index (κ1) is 16.9. The lowest BCUT2D eigenvalue weighted by atomic mass is 10.1. The van der Waals surface area contributed by atoms with Gasteiger partial charge in [-0.3, -0.25) is 4.79 Å². The zero-order valence-electron chi connectivity index (χ0n) is 13.6. The van der Waals surface area contributed by atoms with Crippen molar-refractivity contribution in [2.75, 3.05) is 19.6 Å². The van der Waals surface area contributed by atoms with Crippen LogP contribution >= 0.6 is 11.3 Å². The van der Waals surface area contributed by atoms with E-state index in [1.54, 1.807) is 17.9 Å². The minimum Gasteiger partial charge on any atom is -0.373 e. The van der Waals surface area contributed by atoms with Crippen LogP contribution in [-0.4, -0.2) is 55.4 Å². The molecule has 1 aromatic rings. The van der Waals surface area contributed by atoms with Crippen molar-refractivity contribution in [3.05, 3.63) is 16.5 Å². The largest absolute Gasteiger partial charge is 0.373 e. The predicted molar refractivity (Wildman–Crippen MR) is 87.9 cm³/mol. The van der Waals surface area contributed by atoms with E-state index in [9.17, 15) is 13.2 Å². The quantitative estimate of drug-likeness (QED) is 0.817. The summed E-state index contributed by atoms with van der Waals surface area (Å²) in [6.07, 6.45) is 0.831. The van der Waals surface area contributed by atoms with E-state index in [-0.39, 0.29) is 18.1 Å². The molecular formula is C15H22N2O4S2. The number of rotatable bonds is 4. The summed E-state index contributed by atoms with van der Waals surface area (Å²) in [5.74, 6) is 0.0303. The topological polar surface area (TPSA) is 66.9 Å². The Bertz CT molecular complexity index is 705. The summed E-state index contributed by atoms with van der Waals surface area (Å²) in [6, 6.07) is 1.74. The second kappa shape index (κ2) is 6.16. The van der Waals surface area contributed by atoms with E-state index in [1.807, 2.05) is 13.8 Å². The van der Waals surface area contributed by atoms with Crippen LogP contribution < -0.4 is 0 Å². The summed E-state index contributed by atoms with van der Waals surface area (Å²) in [4.78, 5) is 14.3. The molecule has 1 amide bonds. The summed E-state index contributed by atoms with van der Waals surface area (Å²) < 4.78 is 32.8. The first-order chi connectivity index (χ1) is 10.8. The summed E-state index contributed by atoms with van der Waals surface area (Å²) in [6.45, 7) is 7.46. The maximum atomic E-state index is 12.7. The Morgan fingerprint density at radius 2 is 2.09 bits per heavy atom. The lowest BCUT2D eigenvalue weighted by Crippen LogP contribution is -2.55. The van der Waals surface area contributed by atoms with Gasteiger partial charge in [-0.1, -0.05) is 0 Å². The second-order valence-electron chi connectivity index (χ2n) is 6.33. The number of ether oxygens (including phenoxy) is 1. The molecule has 0 bridgehead atoms. The molecule has 1 saturated heterocycles. The van der Waals surface area contributed by atoms with Crippen LogP contribution in [0.15, 0.2) is 10.3 Å². The fraction of sp³-hybridized carbons (Fsp3) is 0.667. The molecule has 0 N–H and O–H groups in total. The smallest absolute Gasteiger partial charge is 0.252 e. The van der Waals surface area contributed by atoms with Crippen molar-refractivity contribution in [3.8, 4) is 0 Å². The summed E-state index contributed by atoms with van der Waals surface area (Å²) in [5, 5.41) is 0. The standard InChI is InChI=1S/C15H22N2O4S2/c1-10(2)21-13-8-17(9-13)23(19,20)15-6-12-7-16(11(3)18)5-4-14(12)22-15/h6,10,13H,4-5,7-9H2,1-3H3. The molecule has 0 unspecified atom stereocenters. The van der Waals surface area contributed by atoms with Crippen LogP contribution in [0.1, 0.15) is 31.2 Å². The number of nitrogens with zero attached hydrogens (tertiary/aromatic N) is 2. The molecule has 0 aliphatic carbocycles. The average Bonchev–Trinajstić information content (AvgIpc) is 2.85. The molecule has 0 atom stereocenters. The highest BCUT2D eigenvalue weighted by Gasteiger charge is 2.39. The van der Waals surface area contributed by atoms with Gasteiger partial charge in [0, 0.05) is 38.0 Å². The highest BCUT2D eigenvalue weighted by molar-refractivity contribution is 7.91. The first-order valence-electron chi connectivity index (χ1n) is 7.80. The van der Waals surface area contributed by atoms with E-state index in [1.165, 1.54) is 15.6 Å². The number of carbonyl (C=O) groups excluding carboxylic acids is 1. The minimum absolute atomic E-state index is 0.00688. The molecule has 2 aliphatic heterocycles. The number of fused-ring (bicyclic) bond motifs is 1. The van der Waals surface area contributed by atoms with Gasteiger partial charge < -0.3 is 9.64 Å². The normalized spacial score (nSPS) is 19.7. The van der Waals surface area contributed by atoms with Crippen LogP contribution in [0.25, 0.3) is 0 Å². The third-order valence-corrected chi connectivity index (χ3v) is 7.68. The minimum atomic E-state index is -3.43. The molecule has 0 radical (unpaired) electrons. The lowest BCUT2D eigenvalue weighted by Gasteiger charge is -2.38. The van der Waals surface area contributed by atoms with E-state index in [0.717, 1.165) is 16.9 Å². The summed E-state index contributed by atoms with van der Waals surface area (Å²) in [5.41, 5.74) is 0.963. The van der Waals surface area contributed by atoms with Gasteiger partial charge >= 0.3 is 0 Å². The van der Waals surface area contributed by atoms with Gasteiger partial charge in [0.1, 0.15) is 4.21 Å². The second-order valence-corrected chi connectivity index (χ2v) is 9.63. The highest BCUT2D eigenvalue weighted by atomic mass is 32.2. The Balaban J connectivity index is 1.72. The van der Waals surface area contributed by atoms with Crippen LogP contribution in [0.5, 0.6) is 0 Å². The molecule has 3 heterocycles. The van der Waals surface area contributed by atoms with E-state index < -0.39 is 10.0 Å². The van der Waals surface area contributed by atoms with Crippen molar-refractivity contribution >= 4 is 27.3 Å². The molecule has 6 nitrogen and oxygen atoms in total. The van der Waals surface area contributed by atoms with Crippen molar-refractivity contribution in [1.29, 1.82) is 0 Å². The Kier molecular flexibility index (Phi) is 4.52. The summed E-state index contributed by atoms with van der Waals surface area (Å²) in [7, 11) is -3.43. The molecule has 8 heteroatoms. The maximum Gasteiger partial charge on any atom is 0.252 e. The van der Waals surface area contributed by atoms with E-state index in [2.05, 4.69) is 0 Å². The fourth-order valence-corrected chi connectivity index (χ4v) is 6.10. The van der Waals surface area contributed by atoms with Crippen LogP contribution in [0.2, 0.25) is 0 Å². The van der Waals surface area contributed by atoms with Gasteiger partial charge in [-0.05, 0) is 31.9 Å². The van der Waals surface area contributed by atoms with Crippen molar-refractivity contribution in [2.45, 2.75) is 50.2 Å². The van der Waals surface area contributed by atoms with Gasteiger partial charge in [0.05, 0.1) is 12.2 Å². The Morgan fingerprint density at radius 1 is 1.39 bits per heavy atom. The monoisotopic (exact) mass is 358 g/mol. The van der Waals surface area contributed by atoms with Gasteiger partial charge in [0.15, 0.2) is 0 Å². The van der Waals surface area contributed by atoms with Crippen molar-refractivity contribution in [1.82, 2.24) is 9.21 Å². The zero-order valence-corrected chi connectivity index (χ0v) is 15.2. The number of hydrogen-bond acceptors (Lipinski definition) is 5. The molecule has 0 aromatic carbocycles. The predicted octanol–water partition coefficient (Wildman–Crippen LogP) is 1.45. The van der Waals surface area contributed by atoms with E-state index in [4.69, 9.17) is 4.74 Å². The third-order valence-electron chi connectivity index (χ3n) is 4.16. The van der Waals surface area contributed by atoms with Crippen LogP contribution in [0.3, 0.4) is 0 Å². The molecule has 23 heavy (non-hydrogen) atoms. The number of amides is 1. The van der Waals surface area contributed by atoms with Crippen LogP contribution in [0, 0.1) is 0 Å². The van der Waals surface area contributed by atoms with E-state index in [0.29, 0.717) is 30.4 Å². The van der Waals surface area contributed by atoms with Gasteiger partial charge in [0.25, 0.3) is 10.0 Å². The Labute approximate surface area is 141 Å². The molecule has 2 aliphatic rings. The number of sulfonamides is 1. The molecule has 0 spiro atoms.